The van der Waals surface area contributed by atoms with Crippen LogP contribution >= 0.6 is 0 Å². The Morgan fingerprint density at radius 3 is 2.45 bits per heavy atom. The summed E-state index contributed by atoms with van der Waals surface area (Å²) in [5, 5.41) is 0. The van der Waals surface area contributed by atoms with Gasteiger partial charge in [-0.2, -0.15) is 0 Å². The quantitative estimate of drug-likeness (QED) is 0.472. The number of hydrogen-bond donors (Lipinski definition) is 1. The first-order valence-electron chi connectivity index (χ1n) is 10.3. The molecule has 1 aromatic carbocycles. The monoisotopic (exact) mass is 474 g/mol. The fraction of sp³-hybridized carbons (Fsp3) is 0.600. The van der Waals surface area contributed by atoms with Crippen molar-refractivity contribution in [3.63, 3.8) is 0 Å². The third-order valence-electron chi connectivity index (χ3n) is 5.20. The molecule has 1 atom stereocenters. The first-order chi connectivity index (χ1) is 14.6. The highest BCUT2D eigenvalue weighted by atomic mass is 32.2. The molecule has 1 aromatic rings. The lowest BCUT2D eigenvalue weighted by Crippen LogP contribution is -2.43. The number of unbranched alkanes of at least 4 members (excludes halogenated alkanes) is 1. The Labute approximate surface area is 184 Å². The fourth-order valence-electron chi connectivity index (χ4n) is 3.36. The van der Waals surface area contributed by atoms with Gasteiger partial charge in [0.25, 0.3) is 5.91 Å². The summed E-state index contributed by atoms with van der Waals surface area (Å²) in [6.45, 7) is 2.00. The van der Waals surface area contributed by atoms with Crippen LogP contribution in [0.15, 0.2) is 29.2 Å². The second-order valence-electron chi connectivity index (χ2n) is 7.51. The van der Waals surface area contributed by atoms with Crippen LogP contribution < -0.4 is 4.72 Å². The van der Waals surface area contributed by atoms with E-state index in [1.54, 1.807) is 12.1 Å². The van der Waals surface area contributed by atoms with E-state index < -0.39 is 32.4 Å². The molecule has 0 spiro atoms. The van der Waals surface area contributed by atoms with Gasteiger partial charge in [-0.1, -0.05) is 25.5 Å². The molecule has 0 aliphatic carbocycles. The molecule has 31 heavy (non-hydrogen) atoms. The highest BCUT2D eigenvalue weighted by Crippen LogP contribution is 2.19. The smallest absolute Gasteiger partial charge is 0.306 e. The first kappa shape index (κ1) is 25.3. The average molecular weight is 475 g/mol. The minimum Gasteiger partial charge on any atom is -0.456 e. The predicted molar refractivity (Wildman–Crippen MR) is 116 cm³/mol. The summed E-state index contributed by atoms with van der Waals surface area (Å²) >= 11 is 0. The molecule has 0 radical (unpaired) electrons. The molecule has 1 aliphatic heterocycles. The molecule has 1 fully saturated rings. The molecule has 0 saturated carbocycles. The van der Waals surface area contributed by atoms with Gasteiger partial charge in [-0.3, -0.25) is 9.59 Å². The highest BCUT2D eigenvalue weighted by Gasteiger charge is 2.34. The number of sulfonamides is 1. The zero-order valence-corrected chi connectivity index (χ0v) is 19.5. The number of esters is 1. The molecule has 11 heteroatoms. The van der Waals surface area contributed by atoms with Gasteiger partial charge in [0.2, 0.25) is 10.0 Å². The maximum Gasteiger partial charge on any atom is 0.306 e. The summed E-state index contributed by atoms with van der Waals surface area (Å²) in [6, 6.07) is 5.79. The topological polar surface area (TPSA) is 127 Å². The van der Waals surface area contributed by atoms with Crippen LogP contribution in [0.3, 0.4) is 0 Å². The largest absolute Gasteiger partial charge is 0.456 e. The maximum absolute atomic E-state index is 12.6. The molecular formula is C20H30N2O7S2. The molecule has 1 aliphatic rings. The fourth-order valence-corrected chi connectivity index (χ4v) is 5.82. The minimum absolute atomic E-state index is 0.0399. The zero-order chi connectivity index (χ0) is 23.1. The third-order valence-corrected chi connectivity index (χ3v) is 8.38. The number of nitrogens with zero attached hydrogens (tertiary/aromatic N) is 1. The van der Waals surface area contributed by atoms with Crippen molar-refractivity contribution in [2.75, 3.05) is 31.7 Å². The van der Waals surface area contributed by atoms with Crippen molar-refractivity contribution in [2.24, 2.45) is 0 Å². The van der Waals surface area contributed by atoms with Gasteiger partial charge in [-0.25, -0.2) is 21.6 Å². The van der Waals surface area contributed by atoms with Crippen molar-refractivity contribution < 1.29 is 31.2 Å². The minimum atomic E-state index is -3.52. The van der Waals surface area contributed by atoms with Gasteiger partial charge in [0, 0.05) is 19.0 Å². The summed E-state index contributed by atoms with van der Waals surface area (Å²) in [4.78, 5) is 26.3. The Morgan fingerprint density at radius 2 is 1.90 bits per heavy atom. The van der Waals surface area contributed by atoms with Gasteiger partial charge >= 0.3 is 5.97 Å². The molecule has 1 unspecified atom stereocenters. The van der Waals surface area contributed by atoms with Crippen molar-refractivity contribution in [1.29, 1.82) is 0 Å². The maximum atomic E-state index is 12.6. The Balaban J connectivity index is 1.85. The Bertz CT molecular complexity index is 973. The van der Waals surface area contributed by atoms with Gasteiger partial charge in [-0.05, 0) is 44.0 Å². The van der Waals surface area contributed by atoms with Crippen molar-refractivity contribution in [1.82, 2.24) is 9.62 Å². The molecule has 0 bridgehead atoms. The second-order valence-corrected chi connectivity index (χ2v) is 11.6. The van der Waals surface area contributed by atoms with Crippen LogP contribution in [0.25, 0.3) is 0 Å². The van der Waals surface area contributed by atoms with Crippen molar-refractivity contribution in [3.05, 3.63) is 29.8 Å². The van der Waals surface area contributed by atoms with E-state index in [2.05, 4.69) is 4.72 Å². The number of nitrogens with one attached hydrogen (secondary N) is 1. The van der Waals surface area contributed by atoms with Gasteiger partial charge in [0.1, 0.15) is 0 Å². The van der Waals surface area contributed by atoms with E-state index in [0.29, 0.717) is 19.4 Å². The van der Waals surface area contributed by atoms with Crippen LogP contribution in [0, 0.1) is 0 Å². The van der Waals surface area contributed by atoms with E-state index in [0.717, 1.165) is 18.4 Å². The SMILES string of the molecule is CCCCN(C(=O)COC(=O)CCc1ccc(S(=O)(=O)NC)cc1)C1CCS(=O)(=O)C1. The van der Waals surface area contributed by atoms with Crippen LogP contribution in [0.2, 0.25) is 0 Å². The van der Waals surface area contributed by atoms with Crippen molar-refractivity contribution >= 4 is 31.7 Å². The number of hydrogen-bond acceptors (Lipinski definition) is 7. The molecular weight excluding hydrogens is 444 g/mol. The number of amides is 1. The standard InChI is InChI=1S/C20H30N2O7S2/c1-3-4-12-22(17-11-13-30(25,26)15-17)19(23)14-29-20(24)10-7-16-5-8-18(9-6-16)31(27,28)21-2/h5-6,8-9,17,21H,3-4,7,10-15H2,1-2H3. The number of carbonyl (C=O) groups excluding carboxylic acids is 2. The Morgan fingerprint density at radius 1 is 1.23 bits per heavy atom. The third kappa shape index (κ3) is 7.58. The van der Waals surface area contributed by atoms with Crippen LogP contribution in [0.5, 0.6) is 0 Å². The van der Waals surface area contributed by atoms with Gasteiger partial charge in [-0.15, -0.1) is 0 Å². The number of ether oxygens (including phenoxy) is 1. The molecule has 0 aromatic heterocycles. The van der Waals surface area contributed by atoms with Gasteiger partial charge in [0.05, 0.1) is 16.4 Å². The predicted octanol–water partition coefficient (Wildman–Crippen LogP) is 0.886. The average Bonchev–Trinajstić information content (AvgIpc) is 3.10. The van der Waals surface area contributed by atoms with E-state index in [9.17, 15) is 26.4 Å². The molecule has 1 heterocycles. The summed E-state index contributed by atoms with van der Waals surface area (Å²) < 4.78 is 54.3. The summed E-state index contributed by atoms with van der Waals surface area (Å²) in [5.41, 5.74) is 0.763. The summed E-state index contributed by atoms with van der Waals surface area (Å²) in [6.07, 6.45) is 2.39. The Kier molecular flexibility index (Phi) is 9.01. The van der Waals surface area contributed by atoms with Crippen LogP contribution in [-0.2, 0) is 40.6 Å². The number of carbonyl (C=O) groups is 2. The van der Waals surface area contributed by atoms with Crippen molar-refractivity contribution in [3.8, 4) is 0 Å². The lowest BCUT2D eigenvalue weighted by molar-refractivity contribution is -0.152. The van der Waals surface area contributed by atoms with Crippen LogP contribution in [-0.4, -0.2) is 71.4 Å². The highest BCUT2D eigenvalue weighted by molar-refractivity contribution is 7.91. The van der Waals surface area contributed by atoms with E-state index in [1.165, 1.54) is 24.1 Å². The number of sulfone groups is 1. The van der Waals surface area contributed by atoms with E-state index in [-0.39, 0.29) is 34.8 Å². The molecule has 1 saturated heterocycles. The Hall–Kier alpha value is -1.98. The van der Waals surface area contributed by atoms with Gasteiger partial charge in [0.15, 0.2) is 16.4 Å². The molecule has 174 valence electrons. The number of rotatable bonds is 11. The summed E-state index contributed by atoms with van der Waals surface area (Å²) in [7, 11) is -5.31. The first-order valence-corrected chi connectivity index (χ1v) is 13.6. The lowest BCUT2D eigenvalue weighted by atomic mass is 10.1. The molecule has 1 amide bonds. The van der Waals surface area contributed by atoms with Crippen molar-refractivity contribution in [2.45, 2.75) is 50.0 Å². The van der Waals surface area contributed by atoms with Crippen LogP contribution in [0.1, 0.15) is 38.2 Å². The number of aryl methyl sites for hydroxylation is 1. The van der Waals surface area contributed by atoms with E-state index in [4.69, 9.17) is 4.74 Å². The normalized spacial score (nSPS) is 17.9. The number of benzene rings is 1. The van der Waals surface area contributed by atoms with Gasteiger partial charge < -0.3 is 9.64 Å². The van der Waals surface area contributed by atoms with E-state index >= 15 is 0 Å². The van der Waals surface area contributed by atoms with Crippen LogP contribution in [0.4, 0.5) is 0 Å². The second kappa shape index (κ2) is 11.1. The molecule has 2 rings (SSSR count). The van der Waals surface area contributed by atoms with E-state index in [1.807, 2.05) is 6.92 Å². The molecule has 1 N–H and O–H groups in total. The lowest BCUT2D eigenvalue weighted by Gasteiger charge is -2.28. The zero-order valence-electron chi connectivity index (χ0n) is 17.9. The molecule has 9 nitrogen and oxygen atoms in total. The summed E-state index contributed by atoms with van der Waals surface area (Å²) in [5.74, 6) is -0.905.